The molecule has 0 aromatic heterocycles. The van der Waals surface area contributed by atoms with Crippen LogP contribution in [0, 0.1) is 5.82 Å². The fourth-order valence-electron chi connectivity index (χ4n) is 2.29. The quantitative estimate of drug-likeness (QED) is 0.778. The lowest BCUT2D eigenvalue weighted by molar-refractivity contribution is -0.123. The van der Waals surface area contributed by atoms with Crippen molar-refractivity contribution in [2.45, 2.75) is 11.8 Å². The highest BCUT2D eigenvalue weighted by Crippen LogP contribution is 2.36. The van der Waals surface area contributed by atoms with Gasteiger partial charge in [-0.25, -0.2) is 4.39 Å². The van der Waals surface area contributed by atoms with Crippen molar-refractivity contribution < 1.29 is 27.9 Å². The minimum absolute atomic E-state index is 0.323. The van der Waals surface area contributed by atoms with E-state index in [-0.39, 0.29) is 5.56 Å². The third-order valence-corrected chi connectivity index (χ3v) is 4.93. The Balaban J connectivity index is 1.88. The fourth-order valence-corrected chi connectivity index (χ4v) is 3.57. The van der Waals surface area contributed by atoms with E-state index in [0.29, 0.717) is 5.56 Å². The molecule has 26 heavy (non-hydrogen) atoms. The number of rotatable bonds is 5. The third kappa shape index (κ3) is 3.66. The number of ether oxygens (including phenoxy) is 1. The zero-order valence-electron chi connectivity index (χ0n) is 14.1. The Hall–Kier alpha value is -2.58. The summed E-state index contributed by atoms with van der Waals surface area (Å²) in [5.41, 5.74) is 5.66. The van der Waals surface area contributed by atoms with Crippen molar-refractivity contribution in [2.24, 2.45) is 5.73 Å². The smallest absolute Gasteiger partial charge is 0.313 e. The fraction of sp³-hybridized carbons (Fsp3) is 0.118. The number of ketones is 1. The molecule has 0 spiro atoms. The Labute approximate surface area is 155 Å². The van der Waals surface area contributed by atoms with Crippen molar-refractivity contribution >= 4 is 27.5 Å². The van der Waals surface area contributed by atoms with Gasteiger partial charge in [0.1, 0.15) is 11.6 Å². The molecule has 0 saturated carbocycles. The van der Waals surface area contributed by atoms with Gasteiger partial charge in [-0.1, -0.05) is 54.1 Å². The molecule has 6 nitrogen and oxygen atoms in total. The summed E-state index contributed by atoms with van der Waals surface area (Å²) in [6.07, 6.45) is -2.55. The second-order valence-corrected chi connectivity index (χ2v) is 7.27. The maximum absolute atomic E-state index is 13.7. The van der Waals surface area contributed by atoms with Crippen molar-refractivity contribution in [3.8, 4) is 0 Å². The van der Waals surface area contributed by atoms with Crippen LogP contribution < -0.4 is 5.73 Å². The van der Waals surface area contributed by atoms with Crippen molar-refractivity contribution in [2.75, 3.05) is 0 Å². The first-order chi connectivity index (χ1) is 12.6. The van der Waals surface area contributed by atoms with E-state index in [1.807, 2.05) is 0 Å². The molecule has 0 bridgehead atoms. The predicted molar refractivity (Wildman–Crippen MR) is 91.6 cm³/mol. The molecular formula is C17H13ClFNO5S. The van der Waals surface area contributed by atoms with Gasteiger partial charge in [0.25, 0.3) is 0 Å². The van der Waals surface area contributed by atoms with Gasteiger partial charge in [0.05, 0.1) is 6.39 Å². The molecule has 1 atom stereocenters. The Morgan fingerprint density at radius 2 is 1.92 bits per heavy atom. The lowest BCUT2D eigenvalue weighted by Crippen LogP contribution is -2.16. The molecule has 3 rings (SSSR count). The number of hydrogen-bond donors (Lipinski definition) is 1. The number of benzene rings is 2. The van der Waals surface area contributed by atoms with Gasteiger partial charge in [-0.3, -0.25) is 4.79 Å². The molecule has 0 radical (unpaired) electrons. The molecule has 9 heteroatoms. The zero-order chi connectivity index (χ0) is 19.8. The van der Waals surface area contributed by atoms with Crippen molar-refractivity contribution in [3.63, 3.8) is 0 Å². The van der Waals surface area contributed by atoms with Crippen LogP contribution in [0.5, 0.6) is 0 Å². The summed E-state index contributed by atoms with van der Waals surface area (Å²) in [5, 5.41) is -0.512. The molecule has 1 aliphatic rings. The maximum atomic E-state index is 13.7. The van der Waals surface area contributed by atoms with Crippen LogP contribution in [0.4, 0.5) is 4.39 Å². The minimum Gasteiger partial charge on any atom is -0.460 e. The largest absolute Gasteiger partial charge is 0.460 e. The number of nitrogens with two attached hydrogens (primary N) is 1. The van der Waals surface area contributed by atoms with E-state index in [4.69, 9.17) is 27.6 Å². The monoisotopic (exact) mass is 398 g/mol. The van der Waals surface area contributed by atoms with Crippen LogP contribution in [0.25, 0.3) is 0 Å². The number of carbonyl (C=O) groups excluding carboxylic acids is 1. The first-order valence-corrected chi connectivity index (χ1v) is 9.24. The van der Waals surface area contributed by atoms with Crippen molar-refractivity contribution in [3.05, 3.63) is 82.1 Å². The summed E-state index contributed by atoms with van der Waals surface area (Å²) in [4.78, 5) is 12.6. The second kappa shape index (κ2) is 6.97. The van der Waals surface area contributed by atoms with Gasteiger partial charge in [-0.05, 0) is 11.6 Å². The number of halogens is 2. The summed E-state index contributed by atoms with van der Waals surface area (Å²) in [6, 6.07) is 11.6. The van der Waals surface area contributed by atoms with Gasteiger partial charge in [-0.15, -0.1) is 0 Å². The molecule has 2 N–H and O–H groups in total. The SMILES string of the molecule is [2H][C@@]1(c2cccc(F)c2Cl)OC(N)=C(OS(=O)(=O)Cc2ccccc2)C1=O. The van der Waals surface area contributed by atoms with E-state index in [1.165, 1.54) is 12.1 Å². The first kappa shape index (κ1) is 16.9. The Morgan fingerprint density at radius 3 is 2.62 bits per heavy atom. The van der Waals surface area contributed by atoms with Gasteiger partial charge < -0.3 is 14.7 Å². The van der Waals surface area contributed by atoms with Gasteiger partial charge in [0.15, 0.2) is 6.08 Å². The number of Topliss-reactive ketones (excluding diaryl/α,β-unsaturated/α-hetero) is 1. The van der Waals surface area contributed by atoms with E-state index in [2.05, 4.69) is 0 Å². The molecule has 0 fully saturated rings. The highest BCUT2D eigenvalue weighted by Gasteiger charge is 2.40. The molecule has 0 saturated heterocycles. The summed E-state index contributed by atoms with van der Waals surface area (Å²) >= 11 is 5.82. The van der Waals surface area contributed by atoms with E-state index in [9.17, 15) is 17.6 Å². The molecule has 1 aliphatic heterocycles. The predicted octanol–water partition coefficient (Wildman–Crippen LogP) is 2.79. The van der Waals surface area contributed by atoms with Gasteiger partial charge in [0.2, 0.25) is 17.4 Å². The Kier molecular flexibility index (Phi) is 4.52. The topological polar surface area (TPSA) is 95.7 Å². The normalized spacial score (nSPS) is 20.7. The molecule has 0 aliphatic carbocycles. The Morgan fingerprint density at radius 1 is 1.23 bits per heavy atom. The number of carbonyl (C=O) groups is 1. The lowest BCUT2D eigenvalue weighted by atomic mass is 10.1. The minimum atomic E-state index is -4.26. The van der Waals surface area contributed by atoms with Gasteiger partial charge >= 0.3 is 10.1 Å². The Bertz CT molecular complexity index is 1040. The van der Waals surface area contributed by atoms with Crippen molar-refractivity contribution in [1.29, 1.82) is 0 Å². The molecule has 136 valence electrons. The molecule has 1 heterocycles. The molecule has 0 amide bonds. The van der Waals surface area contributed by atoms with E-state index >= 15 is 0 Å². The molecule has 2 aromatic rings. The van der Waals surface area contributed by atoms with Crippen LogP contribution in [-0.2, 0) is 29.6 Å². The molecular weight excluding hydrogens is 385 g/mol. The summed E-state index contributed by atoms with van der Waals surface area (Å²) in [7, 11) is -4.26. The van der Waals surface area contributed by atoms with E-state index in [0.717, 1.165) is 6.07 Å². The highest BCUT2D eigenvalue weighted by molar-refractivity contribution is 7.86. The van der Waals surface area contributed by atoms with Crippen LogP contribution in [0.1, 0.15) is 18.6 Å². The van der Waals surface area contributed by atoms with Crippen LogP contribution in [0.3, 0.4) is 0 Å². The van der Waals surface area contributed by atoms with Crippen molar-refractivity contribution in [1.82, 2.24) is 0 Å². The summed E-state index contributed by atoms with van der Waals surface area (Å²) < 4.78 is 56.3. The highest BCUT2D eigenvalue weighted by atomic mass is 35.5. The van der Waals surface area contributed by atoms with Crippen LogP contribution >= 0.6 is 11.6 Å². The van der Waals surface area contributed by atoms with Crippen LogP contribution in [0.15, 0.2) is 60.2 Å². The first-order valence-electron chi connectivity index (χ1n) is 7.78. The van der Waals surface area contributed by atoms with E-state index < -0.39 is 50.2 Å². The van der Waals surface area contributed by atoms with E-state index in [1.54, 1.807) is 30.3 Å². The number of hydrogen-bond acceptors (Lipinski definition) is 6. The van der Waals surface area contributed by atoms with Gasteiger partial charge in [-0.2, -0.15) is 8.42 Å². The standard InChI is InChI=1S/C17H13ClFNO5S/c18-13-11(7-4-8-12(13)19)15-14(21)16(17(20)24-15)25-26(22,23)9-10-5-2-1-3-6-10/h1-8,15H,9,20H2/t15-/m0/s1/i15D. The lowest BCUT2D eigenvalue weighted by Gasteiger charge is -2.12. The summed E-state index contributed by atoms with van der Waals surface area (Å²) in [5.74, 6) is -4.15. The van der Waals surface area contributed by atoms with Gasteiger partial charge in [0, 0.05) is 5.56 Å². The summed E-state index contributed by atoms with van der Waals surface area (Å²) in [6.45, 7) is 0. The average Bonchev–Trinajstić information content (AvgIpc) is 2.81. The van der Waals surface area contributed by atoms with Crippen LogP contribution in [0.2, 0.25) is 5.02 Å². The van der Waals surface area contributed by atoms with Crippen LogP contribution in [-0.4, -0.2) is 14.2 Å². The molecule has 2 aromatic carbocycles. The average molecular weight is 399 g/mol. The zero-order valence-corrected chi connectivity index (χ0v) is 14.7. The maximum Gasteiger partial charge on any atom is 0.313 e. The molecule has 0 unspecified atom stereocenters. The third-order valence-electron chi connectivity index (χ3n) is 3.44. The second-order valence-electron chi connectivity index (χ2n) is 5.33.